The van der Waals surface area contributed by atoms with E-state index in [0.29, 0.717) is 49.6 Å². The summed E-state index contributed by atoms with van der Waals surface area (Å²) in [6, 6.07) is 1.37. The SMILES string of the molecule is O=C(CCNc1ncc([N+](=O)[O-])cc1Br)N1CCOCC1. The normalized spacial score (nSPS) is 14.8. The Hall–Kier alpha value is -1.74. The van der Waals surface area contributed by atoms with Crippen molar-refractivity contribution in [3.63, 3.8) is 0 Å². The Morgan fingerprint density at radius 2 is 2.24 bits per heavy atom. The predicted octanol–water partition coefficient (Wildman–Crippen LogP) is 1.41. The Kier molecular flexibility index (Phi) is 5.45. The summed E-state index contributed by atoms with van der Waals surface area (Å²) < 4.78 is 5.69. The molecule has 0 radical (unpaired) electrons. The van der Waals surface area contributed by atoms with E-state index >= 15 is 0 Å². The fraction of sp³-hybridized carbons (Fsp3) is 0.500. The van der Waals surface area contributed by atoms with Gasteiger partial charge >= 0.3 is 0 Å². The number of aromatic nitrogens is 1. The zero-order valence-electron chi connectivity index (χ0n) is 11.2. The molecule has 1 saturated heterocycles. The van der Waals surface area contributed by atoms with E-state index in [-0.39, 0.29) is 11.6 Å². The van der Waals surface area contributed by atoms with Crippen LogP contribution in [0.15, 0.2) is 16.7 Å². The average molecular weight is 359 g/mol. The Morgan fingerprint density at radius 3 is 2.86 bits per heavy atom. The van der Waals surface area contributed by atoms with Gasteiger partial charge in [0.15, 0.2) is 0 Å². The fourth-order valence-corrected chi connectivity index (χ4v) is 2.39. The van der Waals surface area contributed by atoms with Crippen LogP contribution < -0.4 is 5.32 Å². The number of morpholine rings is 1. The summed E-state index contributed by atoms with van der Waals surface area (Å²) in [6.07, 6.45) is 1.52. The van der Waals surface area contributed by atoms with Crippen molar-refractivity contribution < 1.29 is 14.5 Å². The maximum Gasteiger partial charge on any atom is 0.288 e. The summed E-state index contributed by atoms with van der Waals surface area (Å²) in [5.74, 6) is 0.541. The van der Waals surface area contributed by atoms with Crippen molar-refractivity contribution in [1.29, 1.82) is 0 Å². The van der Waals surface area contributed by atoms with E-state index < -0.39 is 4.92 Å². The highest BCUT2D eigenvalue weighted by atomic mass is 79.9. The topological polar surface area (TPSA) is 97.6 Å². The summed E-state index contributed by atoms with van der Waals surface area (Å²) in [6.45, 7) is 2.82. The summed E-state index contributed by atoms with van der Waals surface area (Å²) in [7, 11) is 0. The highest BCUT2D eigenvalue weighted by Gasteiger charge is 2.16. The molecule has 1 aromatic rings. The minimum atomic E-state index is -0.510. The first-order valence-electron chi connectivity index (χ1n) is 6.47. The third-order valence-corrected chi connectivity index (χ3v) is 3.64. The lowest BCUT2D eigenvalue weighted by Gasteiger charge is -2.26. The molecule has 114 valence electrons. The van der Waals surface area contributed by atoms with Crippen LogP contribution in [0.1, 0.15) is 6.42 Å². The van der Waals surface area contributed by atoms with Crippen molar-refractivity contribution in [2.45, 2.75) is 6.42 Å². The summed E-state index contributed by atoms with van der Waals surface area (Å²) in [5, 5.41) is 13.6. The molecule has 1 N–H and O–H groups in total. The third-order valence-electron chi connectivity index (χ3n) is 3.03. The van der Waals surface area contributed by atoms with Gasteiger partial charge in [0.2, 0.25) is 5.91 Å². The van der Waals surface area contributed by atoms with Gasteiger partial charge in [-0.3, -0.25) is 14.9 Å². The molecule has 9 heteroatoms. The number of hydrogen-bond donors (Lipinski definition) is 1. The molecule has 0 unspecified atom stereocenters. The Balaban J connectivity index is 1.83. The summed E-state index contributed by atoms with van der Waals surface area (Å²) >= 11 is 3.22. The van der Waals surface area contributed by atoms with E-state index in [0.717, 1.165) is 0 Å². The quantitative estimate of drug-likeness (QED) is 0.631. The third kappa shape index (κ3) is 4.36. The van der Waals surface area contributed by atoms with Gasteiger partial charge in [-0.2, -0.15) is 0 Å². The molecule has 21 heavy (non-hydrogen) atoms. The van der Waals surface area contributed by atoms with Crippen molar-refractivity contribution >= 4 is 33.3 Å². The Labute approximate surface area is 129 Å². The van der Waals surface area contributed by atoms with Gasteiger partial charge in [0, 0.05) is 32.1 Å². The van der Waals surface area contributed by atoms with Gasteiger partial charge < -0.3 is 15.0 Å². The number of hydrogen-bond acceptors (Lipinski definition) is 6. The second kappa shape index (κ2) is 7.32. The van der Waals surface area contributed by atoms with Crippen LogP contribution in [0.5, 0.6) is 0 Å². The van der Waals surface area contributed by atoms with Gasteiger partial charge in [-0.25, -0.2) is 4.98 Å². The number of nitrogens with one attached hydrogen (secondary N) is 1. The average Bonchev–Trinajstić information content (AvgIpc) is 2.49. The molecule has 1 aliphatic heterocycles. The van der Waals surface area contributed by atoms with Crippen LogP contribution in [0, 0.1) is 10.1 Å². The van der Waals surface area contributed by atoms with Crippen LogP contribution in [-0.4, -0.2) is 53.6 Å². The number of nitrogens with zero attached hydrogens (tertiary/aromatic N) is 3. The fourth-order valence-electron chi connectivity index (χ4n) is 1.92. The highest BCUT2D eigenvalue weighted by Crippen LogP contribution is 2.24. The van der Waals surface area contributed by atoms with Crippen molar-refractivity contribution in [3.05, 3.63) is 26.9 Å². The molecule has 0 bridgehead atoms. The number of nitro groups is 1. The number of carbonyl (C=O) groups excluding carboxylic acids is 1. The largest absolute Gasteiger partial charge is 0.378 e. The monoisotopic (exact) mass is 358 g/mol. The smallest absolute Gasteiger partial charge is 0.288 e. The Morgan fingerprint density at radius 1 is 1.52 bits per heavy atom. The molecular weight excluding hydrogens is 344 g/mol. The minimum absolute atomic E-state index is 0.0591. The molecule has 1 aliphatic rings. The predicted molar refractivity (Wildman–Crippen MR) is 79.1 cm³/mol. The maximum atomic E-state index is 11.9. The van der Waals surface area contributed by atoms with Crippen LogP contribution in [0.2, 0.25) is 0 Å². The van der Waals surface area contributed by atoms with Crippen LogP contribution in [-0.2, 0) is 9.53 Å². The molecule has 1 amide bonds. The maximum absolute atomic E-state index is 11.9. The van der Waals surface area contributed by atoms with E-state index in [9.17, 15) is 14.9 Å². The van der Waals surface area contributed by atoms with E-state index in [1.165, 1.54) is 12.3 Å². The summed E-state index contributed by atoms with van der Waals surface area (Å²) in [5.41, 5.74) is -0.0863. The second-order valence-electron chi connectivity index (χ2n) is 4.45. The van der Waals surface area contributed by atoms with Gasteiger partial charge in [-0.1, -0.05) is 0 Å². The molecular formula is C12H15BrN4O4. The molecule has 2 rings (SSSR count). The lowest BCUT2D eigenvalue weighted by atomic mass is 10.3. The molecule has 0 aromatic carbocycles. The Bertz CT molecular complexity index is 534. The molecule has 0 aliphatic carbocycles. The van der Waals surface area contributed by atoms with Crippen LogP contribution in [0.25, 0.3) is 0 Å². The van der Waals surface area contributed by atoms with Crippen molar-refractivity contribution in [2.75, 3.05) is 38.2 Å². The van der Waals surface area contributed by atoms with E-state index in [2.05, 4.69) is 26.2 Å². The minimum Gasteiger partial charge on any atom is -0.378 e. The number of halogens is 1. The van der Waals surface area contributed by atoms with Crippen LogP contribution in [0.3, 0.4) is 0 Å². The first-order valence-corrected chi connectivity index (χ1v) is 7.26. The first-order chi connectivity index (χ1) is 10.1. The van der Waals surface area contributed by atoms with Gasteiger partial charge in [0.25, 0.3) is 5.69 Å². The molecule has 8 nitrogen and oxygen atoms in total. The number of carbonyl (C=O) groups is 1. The number of rotatable bonds is 5. The number of ether oxygens (including phenoxy) is 1. The van der Waals surface area contributed by atoms with Crippen molar-refractivity contribution in [2.24, 2.45) is 0 Å². The zero-order valence-corrected chi connectivity index (χ0v) is 12.8. The molecule has 1 aromatic heterocycles. The molecule has 0 saturated carbocycles. The molecule has 2 heterocycles. The lowest BCUT2D eigenvalue weighted by Crippen LogP contribution is -2.41. The van der Waals surface area contributed by atoms with Crippen molar-refractivity contribution in [3.8, 4) is 0 Å². The van der Waals surface area contributed by atoms with E-state index in [1.54, 1.807) is 4.90 Å². The first kappa shape index (κ1) is 15.6. The van der Waals surface area contributed by atoms with Crippen LogP contribution >= 0.6 is 15.9 Å². The standard InChI is InChI=1S/C12H15BrN4O4/c13-10-7-9(17(19)20)8-15-12(10)14-2-1-11(18)16-3-5-21-6-4-16/h7-8H,1-6H2,(H,14,15). The number of pyridine rings is 1. The highest BCUT2D eigenvalue weighted by molar-refractivity contribution is 9.10. The van der Waals surface area contributed by atoms with E-state index in [1.807, 2.05) is 0 Å². The summed E-state index contributed by atoms with van der Waals surface area (Å²) in [4.78, 5) is 27.8. The number of amides is 1. The van der Waals surface area contributed by atoms with Gasteiger partial charge in [-0.15, -0.1) is 0 Å². The van der Waals surface area contributed by atoms with Crippen molar-refractivity contribution in [1.82, 2.24) is 9.88 Å². The number of anilines is 1. The van der Waals surface area contributed by atoms with Crippen LogP contribution in [0.4, 0.5) is 11.5 Å². The molecule has 1 fully saturated rings. The van der Waals surface area contributed by atoms with Gasteiger partial charge in [0.05, 0.1) is 22.6 Å². The lowest BCUT2D eigenvalue weighted by molar-refractivity contribution is -0.385. The van der Waals surface area contributed by atoms with E-state index in [4.69, 9.17) is 4.74 Å². The molecule has 0 atom stereocenters. The zero-order chi connectivity index (χ0) is 15.2. The molecule has 0 spiro atoms. The van der Waals surface area contributed by atoms with Gasteiger partial charge in [0.1, 0.15) is 12.0 Å². The van der Waals surface area contributed by atoms with Gasteiger partial charge in [-0.05, 0) is 15.9 Å². The second-order valence-corrected chi connectivity index (χ2v) is 5.31.